The third-order valence-electron chi connectivity index (χ3n) is 15.0. The fourth-order valence-corrected chi connectivity index (χ4v) is 11.9. The number of cyclic esters (lactones) is 1. The lowest BCUT2D eigenvalue weighted by Crippen LogP contribution is -2.59. The zero-order valence-electron chi connectivity index (χ0n) is 37.3. The van der Waals surface area contributed by atoms with Crippen LogP contribution in [0.15, 0.2) is 42.0 Å². The molecule has 0 radical (unpaired) electrons. The van der Waals surface area contributed by atoms with E-state index in [1.165, 1.54) is 0 Å². The van der Waals surface area contributed by atoms with Gasteiger partial charge in [0.05, 0.1) is 43.0 Å². The highest BCUT2D eigenvalue weighted by Gasteiger charge is 2.60. The number of nitrogens with one attached hydrogen (secondary N) is 1. The Morgan fingerprint density at radius 2 is 1.57 bits per heavy atom. The van der Waals surface area contributed by atoms with Gasteiger partial charge in [-0.1, -0.05) is 38.1 Å². The topological polar surface area (TPSA) is 143 Å². The van der Waals surface area contributed by atoms with Crippen molar-refractivity contribution < 1.29 is 52.6 Å². The summed E-state index contributed by atoms with van der Waals surface area (Å²) in [5, 5.41) is 16.4. The van der Waals surface area contributed by atoms with Gasteiger partial charge in [-0.2, -0.15) is 0 Å². The number of carbonyl (C=O) groups is 2. The number of hydrogen-bond donors (Lipinski definition) is 2. The van der Waals surface area contributed by atoms with Crippen LogP contribution in [0.2, 0.25) is 0 Å². The number of nitrogens with zero attached hydrogens (tertiary/aromatic N) is 1. The van der Waals surface area contributed by atoms with Crippen LogP contribution in [0, 0.1) is 35.5 Å². The van der Waals surface area contributed by atoms with E-state index in [4.69, 9.17) is 37.9 Å². The van der Waals surface area contributed by atoms with Crippen LogP contribution in [0.3, 0.4) is 0 Å². The quantitative estimate of drug-likeness (QED) is 0.261. The molecule has 3 saturated heterocycles. The van der Waals surface area contributed by atoms with Crippen molar-refractivity contribution in [2.45, 2.75) is 165 Å². The number of hydrogen-bond acceptors (Lipinski definition) is 13. The Balaban J connectivity index is 1.20. The van der Waals surface area contributed by atoms with Gasteiger partial charge in [0.2, 0.25) is 0 Å². The summed E-state index contributed by atoms with van der Waals surface area (Å²) in [6, 6.07) is 9.87. The molecule has 2 saturated carbocycles. The molecule has 0 bridgehead atoms. The Morgan fingerprint density at radius 3 is 2.23 bits per heavy atom. The van der Waals surface area contributed by atoms with Gasteiger partial charge in [-0.15, -0.1) is 0 Å². The van der Waals surface area contributed by atoms with Gasteiger partial charge in [-0.3, -0.25) is 9.59 Å². The smallest absolute Gasteiger partial charge is 0.306 e. The van der Waals surface area contributed by atoms with Crippen LogP contribution >= 0.6 is 0 Å². The molecule has 0 aromatic heterocycles. The summed E-state index contributed by atoms with van der Waals surface area (Å²) in [5.41, 5.74) is 1.51. The molecule has 13 nitrogen and oxygen atoms in total. The lowest BCUT2D eigenvalue weighted by molar-refractivity contribution is -0.314. The third-order valence-corrected chi connectivity index (χ3v) is 15.0. The van der Waals surface area contributed by atoms with Crippen LogP contribution in [-0.4, -0.2) is 137 Å². The van der Waals surface area contributed by atoms with E-state index in [-0.39, 0.29) is 78.6 Å². The largest absolute Gasteiger partial charge is 0.462 e. The van der Waals surface area contributed by atoms with E-state index >= 15 is 4.79 Å². The number of benzene rings is 1. The molecule has 336 valence electrons. The molecule has 0 amide bonds. The number of Topliss-reactive ketones (excluding diaryl/α,β-unsaturated/α-hetero) is 1. The van der Waals surface area contributed by atoms with E-state index in [2.05, 4.69) is 37.3 Å². The zero-order chi connectivity index (χ0) is 42.8. The molecule has 3 heterocycles. The maximum Gasteiger partial charge on any atom is 0.306 e. The SMILES string of the molecule is CC[C@H]1CCC[C@H](O[C@H]2CC[C@H](N(C)C)C(C)O2)[C@@H](C)C(=O)C2=C[C@H]3[C@@H]4C[C@H](O[C@@H]5OC(C)[C@H](OC)C(OC)[C@@H]5OC)C[C@H]4[C@H](Nc4ccccc4)[C@@H](O)[C@H]3[C@@H]2CC(=O)O1. The number of likely N-dealkylation sites (N-methyl/N-ethyl adjacent to an activating group) is 1. The van der Waals surface area contributed by atoms with E-state index in [9.17, 15) is 9.90 Å². The van der Waals surface area contributed by atoms with Gasteiger partial charge in [-0.25, -0.2) is 0 Å². The number of aliphatic hydroxyl groups is 1. The van der Waals surface area contributed by atoms with E-state index in [0.29, 0.717) is 43.7 Å². The molecule has 6 aliphatic rings. The number of fused-ring (bicyclic) bond motifs is 5. The monoisotopic (exact) mass is 841 g/mol. The Hall–Kier alpha value is -2.46. The standard InChI is InChI=1S/C47H72N2O11/c1-10-29-17-14-18-37(60-39-20-19-36(49(5)6)26(3)56-39)25(2)42(51)35-23-32-31-21-30(59-47-46(55-9)45(54-8)44(53-7)27(4)57-47)22-34(31)41(48-28-15-12-11-13-16-28)43(52)40(32)33(35)24-38(50)58-29/h11-13,15-16,23,25-27,29-34,36-37,39-41,43-48,52H,10,14,17-22,24H2,1-9H3/t25-,26?,27?,29+,30+,31+,32+,33-,34-,36+,37+,39+,40-,41+,43+,44+,45?,46+,47+/m1/s1. The Kier molecular flexibility index (Phi) is 15.1. The summed E-state index contributed by atoms with van der Waals surface area (Å²) >= 11 is 0. The molecule has 13 heteroatoms. The van der Waals surface area contributed by atoms with Crippen molar-refractivity contribution in [3.05, 3.63) is 42.0 Å². The maximum absolute atomic E-state index is 15.1. The van der Waals surface area contributed by atoms with Crippen LogP contribution in [0.5, 0.6) is 0 Å². The minimum atomic E-state index is -0.869. The molecular formula is C47H72N2O11. The summed E-state index contributed by atoms with van der Waals surface area (Å²) in [5.74, 6) is -1.87. The summed E-state index contributed by atoms with van der Waals surface area (Å²) < 4.78 is 50.2. The third kappa shape index (κ3) is 9.40. The first-order valence-electron chi connectivity index (χ1n) is 22.7. The first-order valence-corrected chi connectivity index (χ1v) is 22.7. The van der Waals surface area contributed by atoms with Crippen LogP contribution in [0.1, 0.15) is 85.5 Å². The van der Waals surface area contributed by atoms with Crippen LogP contribution in [0.4, 0.5) is 5.69 Å². The molecule has 7 rings (SSSR count). The first-order chi connectivity index (χ1) is 28.9. The first kappa shape index (κ1) is 45.6. The molecule has 0 spiro atoms. The van der Waals surface area contributed by atoms with Crippen molar-refractivity contribution in [2.75, 3.05) is 40.7 Å². The predicted molar refractivity (Wildman–Crippen MR) is 225 cm³/mol. The Morgan fingerprint density at radius 1 is 0.850 bits per heavy atom. The molecule has 1 aromatic carbocycles. The normalized spacial score (nSPS) is 43.9. The van der Waals surface area contributed by atoms with Gasteiger partial charge in [0.1, 0.15) is 24.4 Å². The maximum atomic E-state index is 15.1. The van der Waals surface area contributed by atoms with Gasteiger partial charge in [0.25, 0.3) is 0 Å². The highest BCUT2D eigenvalue weighted by atomic mass is 16.7. The van der Waals surface area contributed by atoms with Crippen molar-refractivity contribution in [3.8, 4) is 0 Å². The second-order valence-electron chi connectivity index (χ2n) is 18.6. The molecule has 2 N–H and O–H groups in total. The summed E-state index contributed by atoms with van der Waals surface area (Å²) in [6.07, 6.45) is 3.59. The molecule has 3 aliphatic heterocycles. The highest BCUT2D eigenvalue weighted by molar-refractivity contribution is 5.99. The Labute approximate surface area is 357 Å². The Bertz CT molecular complexity index is 1610. The van der Waals surface area contributed by atoms with E-state index in [1.807, 2.05) is 51.1 Å². The van der Waals surface area contributed by atoms with Crippen LogP contribution in [0.25, 0.3) is 0 Å². The van der Waals surface area contributed by atoms with Gasteiger partial charge >= 0.3 is 5.97 Å². The van der Waals surface area contributed by atoms with Gasteiger partial charge in [-0.05, 0) is 115 Å². The number of aliphatic hydroxyl groups excluding tert-OH is 1. The average Bonchev–Trinajstić information content (AvgIpc) is 3.82. The number of para-hydroxylation sites is 1. The molecule has 3 aliphatic carbocycles. The lowest BCUT2D eigenvalue weighted by Gasteiger charge is -2.47. The van der Waals surface area contributed by atoms with Crippen molar-refractivity contribution in [3.63, 3.8) is 0 Å². The number of ketones is 1. The number of methoxy groups -OCH3 is 3. The highest BCUT2D eigenvalue weighted by Crippen LogP contribution is 2.57. The fraction of sp³-hybridized carbons (Fsp3) is 0.787. The number of allylic oxidation sites excluding steroid dienone is 2. The van der Waals surface area contributed by atoms with Crippen molar-refractivity contribution in [2.24, 2.45) is 35.5 Å². The molecule has 1 aromatic rings. The predicted octanol–water partition coefficient (Wildman–Crippen LogP) is 5.77. The number of anilines is 1. The minimum absolute atomic E-state index is 0.00629. The number of rotatable bonds is 11. The average molecular weight is 841 g/mol. The minimum Gasteiger partial charge on any atom is -0.462 e. The van der Waals surface area contributed by atoms with Gasteiger partial charge in [0, 0.05) is 50.8 Å². The van der Waals surface area contributed by atoms with Crippen molar-refractivity contribution in [1.82, 2.24) is 4.90 Å². The number of carbonyl (C=O) groups excluding carboxylic acids is 2. The summed E-state index contributed by atoms with van der Waals surface area (Å²) in [7, 11) is 9.07. The van der Waals surface area contributed by atoms with E-state index in [0.717, 1.165) is 24.9 Å². The molecule has 19 atom stereocenters. The lowest BCUT2D eigenvalue weighted by atomic mass is 9.62. The van der Waals surface area contributed by atoms with Crippen LogP contribution < -0.4 is 5.32 Å². The second kappa shape index (κ2) is 19.9. The number of esters is 1. The van der Waals surface area contributed by atoms with E-state index < -0.39 is 48.6 Å². The molecule has 60 heavy (non-hydrogen) atoms. The molecule has 5 fully saturated rings. The van der Waals surface area contributed by atoms with Crippen molar-refractivity contribution in [1.29, 1.82) is 0 Å². The summed E-state index contributed by atoms with van der Waals surface area (Å²) in [6.45, 7) is 8.06. The van der Waals surface area contributed by atoms with Gasteiger partial charge in [0.15, 0.2) is 18.4 Å². The zero-order valence-corrected chi connectivity index (χ0v) is 37.3. The summed E-state index contributed by atoms with van der Waals surface area (Å²) in [4.78, 5) is 31.2. The second-order valence-corrected chi connectivity index (χ2v) is 18.6. The fourth-order valence-electron chi connectivity index (χ4n) is 11.9. The van der Waals surface area contributed by atoms with Crippen molar-refractivity contribution >= 4 is 17.4 Å². The molecule has 3 unspecified atom stereocenters. The van der Waals surface area contributed by atoms with E-state index in [1.54, 1.807) is 21.3 Å². The van der Waals surface area contributed by atoms with Gasteiger partial charge < -0.3 is 53.2 Å². The molecular weight excluding hydrogens is 769 g/mol. The van der Waals surface area contributed by atoms with Crippen LogP contribution in [-0.2, 0) is 47.5 Å². The number of ether oxygens (including phenoxy) is 8.